The lowest BCUT2D eigenvalue weighted by atomic mass is 9.37. The third-order valence-electron chi connectivity index (χ3n) is 11.3. The Morgan fingerprint density at radius 3 is 2.15 bits per heavy atom. The zero-order chi connectivity index (χ0) is 28.8. The first-order valence-electron chi connectivity index (χ1n) is 14.6. The monoisotopic (exact) mass is 524 g/mol. The molecule has 0 N–H and O–H groups in total. The number of rotatable bonds is 3. The van der Waals surface area contributed by atoms with Gasteiger partial charge in [-0.1, -0.05) is 77.4 Å². The SMILES string of the molecule is CC(=O)C1=C(C)CC2(C)CC3(C)Cc4c(-c5ccc(C(C)C)cc5)cc(C)c(C)c4C(=O)C3C(C)C2(C)C1=O. The Labute approximate surface area is 234 Å². The van der Waals surface area contributed by atoms with Gasteiger partial charge in [-0.05, 0) is 103 Å². The minimum atomic E-state index is -0.766. The predicted molar refractivity (Wildman–Crippen MR) is 158 cm³/mol. The fourth-order valence-corrected chi connectivity index (χ4v) is 9.05. The van der Waals surface area contributed by atoms with E-state index < -0.39 is 5.41 Å². The smallest absolute Gasteiger partial charge is 0.173 e. The second kappa shape index (κ2) is 8.85. The molecule has 2 aromatic carbocycles. The van der Waals surface area contributed by atoms with Gasteiger partial charge in [0.05, 0.1) is 5.57 Å². The van der Waals surface area contributed by atoms with E-state index in [1.807, 2.05) is 13.8 Å². The predicted octanol–water partition coefficient (Wildman–Crippen LogP) is 8.39. The summed E-state index contributed by atoms with van der Waals surface area (Å²) in [5.41, 5.74) is 7.74. The number of hydrogen-bond donors (Lipinski definition) is 0. The van der Waals surface area contributed by atoms with Crippen molar-refractivity contribution < 1.29 is 14.4 Å². The highest BCUT2D eigenvalue weighted by Gasteiger charge is 2.67. The van der Waals surface area contributed by atoms with Crippen molar-refractivity contribution in [3.8, 4) is 11.1 Å². The second-order valence-corrected chi connectivity index (χ2v) is 14.1. The molecule has 206 valence electrons. The molecule has 0 amide bonds. The molecule has 3 heteroatoms. The maximum Gasteiger partial charge on any atom is 0.173 e. The van der Waals surface area contributed by atoms with Crippen LogP contribution in [0.5, 0.6) is 0 Å². The number of hydrogen-bond acceptors (Lipinski definition) is 3. The molecule has 0 heterocycles. The van der Waals surface area contributed by atoms with E-state index in [9.17, 15) is 14.4 Å². The highest BCUT2D eigenvalue weighted by molar-refractivity contribution is 6.23. The Kier molecular flexibility index (Phi) is 6.29. The molecule has 0 aromatic heterocycles. The minimum absolute atomic E-state index is 0.0544. The quantitative estimate of drug-likeness (QED) is 0.379. The molecule has 39 heavy (non-hydrogen) atoms. The Hall–Kier alpha value is -2.81. The molecule has 3 aliphatic carbocycles. The summed E-state index contributed by atoms with van der Waals surface area (Å²) >= 11 is 0. The number of carbonyl (C=O) groups is 3. The van der Waals surface area contributed by atoms with Gasteiger partial charge in [0, 0.05) is 16.9 Å². The van der Waals surface area contributed by atoms with Crippen LogP contribution >= 0.6 is 0 Å². The van der Waals surface area contributed by atoms with Gasteiger partial charge in [0.2, 0.25) is 0 Å². The van der Waals surface area contributed by atoms with Crippen molar-refractivity contribution in [1.29, 1.82) is 0 Å². The molecular weight excluding hydrogens is 480 g/mol. The van der Waals surface area contributed by atoms with E-state index in [1.165, 1.54) is 12.5 Å². The van der Waals surface area contributed by atoms with E-state index >= 15 is 0 Å². The summed E-state index contributed by atoms with van der Waals surface area (Å²) in [6, 6.07) is 11.1. The average Bonchev–Trinajstić information content (AvgIpc) is 2.83. The van der Waals surface area contributed by atoms with Gasteiger partial charge in [0.25, 0.3) is 0 Å². The van der Waals surface area contributed by atoms with Gasteiger partial charge < -0.3 is 0 Å². The van der Waals surface area contributed by atoms with E-state index in [2.05, 4.69) is 78.8 Å². The Morgan fingerprint density at radius 1 is 0.974 bits per heavy atom. The van der Waals surface area contributed by atoms with Crippen LogP contribution in [0, 0.1) is 41.9 Å². The van der Waals surface area contributed by atoms with Crippen molar-refractivity contribution in [3.63, 3.8) is 0 Å². The van der Waals surface area contributed by atoms with E-state index in [4.69, 9.17) is 0 Å². The number of fused-ring (bicyclic) bond motifs is 3. The molecule has 0 spiro atoms. The van der Waals surface area contributed by atoms with Crippen molar-refractivity contribution in [1.82, 2.24) is 0 Å². The molecular formula is C36H44O3. The van der Waals surface area contributed by atoms with Crippen molar-refractivity contribution >= 4 is 17.3 Å². The van der Waals surface area contributed by atoms with Crippen LogP contribution in [0.4, 0.5) is 0 Å². The van der Waals surface area contributed by atoms with Gasteiger partial charge in [0.15, 0.2) is 17.3 Å². The number of ketones is 3. The van der Waals surface area contributed by atoms with Gasteiger partial charge in [-0.25, -0.2) is 0 Å². The molecule has 5 unspecified atom stereocenters. The highest BCUT2D eigenvalue weighted by Crippen LogP contribution is 2.68. The topological polar surface area (TPSA) is 51.2 Å². The largest absolute Gasteiger partial charge is 0.294 e. The molecule has 1 fully saturated rings. The lowest BCUT2D eigenvalue weighted by Crippen LogP contribution is -2.64. The van der Waals surface area contributed by atoms with E-state index in [0.717, 1.165) is 51.8 Å². The van der Waals surface area contributed by atoms with Crippen molar-refractivity contribution in [2.24, 2.45) is 28.1 Å². The summed E-state index contributed by atoms with van der Waals surface area (Å²) < 4.78 is 0. The maximum atomic E-state index is 14.7. The highest BCUT2D eigenvalue weighted by atomic mass is 16.2. The fraction of sp³-hybridized carbons (Fsp3) is 0.528. The Morgan fingerprint density at radius 2 is 1.59 bits per heavy atom. The molecule has 0 aliphatic heterocycles. The van der Waals surface area contributed by atoms with Crippen molar-refractivity contribution in [3.05, 3.63) is 69.3 Å². The summed E-state index contributed by atoms with van der Waals surface area (Å²) in [4.78, 5) is 41.4. The van der Waals surface area contributed by atoms with E-state index in [1.54, 1.807) is 0 Å². The lowest BCUT2D eigenvalue weighted by molar-refractivity contribution is -0.159. The third-order valence-corrected chi connectivity index (χ3v) is 11.3. The third kappa shape index (κ3) is 3.71. The lowest BCUT2D eigenvalue weighted by Gasteiger charge is -2.64. The molecule has 0 radical (unpaired) electrons. The molecule has 1 saturated carbocycles. The Bertz CT molecular complexity index is 1460. The van der Waals surface area contributed by atoms with Crippen LogP contribution in [0.2, 0.25) is 0 Å². The van der Waals surface area contributed by atoms with Crippen LogP contribution in [0.15, 0.2) is 41.5 Å². The molecule has 5 rings (SSSR count). The summed E-state index contributed by atoms with van der Waals surface area (Å²) in [6.45, 7) is 20.7. The number of benzene rings is 2. The van der Waals surface area contributed by atoms with Crippen molar-refractivity contribution in [2.45, 2.75) is 94.4 Å². The van der Waals surface area contributed by atoms with Gasteiger partial charge >= 0.3 is 0 Å². The van der Waals surface area contributed by atoms with Gasteiger partial charge in [-0.15, -0.1) is 0 Å². The number of carbonyl (C=O) groups excluding carboxylic acids is 3. The van der Waals surface area contributed by atoms with Crippen LogP contribution in [-0.2, 0) is 16.0 Å². The summed E-state index contributed by atoms with van der Waals surface area (Å²) in [7, 11) is 0. The normalized spacial score (nSPS) is 32.2. The van der Waals surface area contributed by atoms with E-state index in [-0.39, 0.29) is 40.0 Å². The van der Waals surface area contributed by atoms with Crippen molar-refractivity contribution in [2.75, 3.05) is 0 Å². The van der Waals surface area contributed by atoms with Gasteiger partial charge in [0.1, 0.15) is 0 Å². The first kappa shape index (κ1) is 27.7. The number of aryl methyl sites for hydroxylation is 1. The number of Topliss-reactive ketones (excluding diaryl/α,β-unsaturated/α-hetero) is 3. The standard InChI is InChI=1S/C36H44O3/c1-19(2)25-11-13-26(14-12-25)27-15-20(3)22(5)30-28(27)17-34(8)18-35(9)16-21(4)29(24(7)37)33(39)36(35,10)23(6)31(34)32(30)38/h11-15,19,23,31H,16-18H2,1-10H3. The summed E-state index contributed by atoms with van der Waals surface area (Å²) in [6.07, 6.45) is 2.31. The summed E-state index contributed by atoms with van der Waals surface area (Å²) in [5.74, 6) is -0.00504. The first-order chi connectivity index (χ1) is 18.1. The number of allylic oxidation sites excluding steroid dienone is 2. The van der Waals surface area contributed by atoms with Crippen LogP contribution < -0.4 is 0 Å². The zero-order valence-electron chi connectivity index (χ0n) is 25.5. The molecule has 5 atom stereocenters. The summed E-state index contributed by atoms with van der Waals surface area (Å²) in [5, 5.41) is 0. The molecule has 0 bridgehead atoms. The molecule has 3 nitrogen and oxygen atoms in total. The second-order valence-electron chi connectivity index (χ2n) is 14.1. The van der Waals surface area contributed by atoms with Crippen LogP contribution in [0.25, 0.3) is 11.1 Å². The molecule has 3 aliphatic rings. The zero-order valence-corrected chi connectivity index (χ0v) is 25.5. The van der Waals surface area contributed by atoms with Crippen LogP contribution in [-0.4, -0.2) is 17.3 Å². The van der Waals surface area contributed by atoms with Gasteiger partial charge in [-0.3, -0.25) is 14.4 Å². The average molecular weight is 525 g/mol. The molecule has 0 saturated heterocycles. The van der Waals surface area contributed by atoms with Crippen LogP contribution in [0.3, 0.4) is 0 Å². The minimum Gasteiger partial charge on any atom is -0.294 e. The Balaban J connectivity index is 1.70. The molecule has 2 aromatic rings. The van der Waals surface area contributed by atoms with E-state index in [0.29, 0.717) is 17.9 Å². The first-order valence-corrected chi connectivity index (χ1v) is 14.6. The van der Waals surface area contributed by atoms with Gasteiger partial charge in [-0.2, -0.15) is 0 Å². The maximum absolute atomic E-state index is 14.7. The van der Waals surface area contributed by atoms with Crippen LogP contribution in [0.1, 0.15) is 107 Å². The fourth-order valence-electron chi connectivity index (χ4n) is 9.05.